The molecule has 7 unspecified atom stereocenters. The van der Waals surface area contributed by atoms with Crippen LogP contribution in [0.5, 0.6) is 5.75 Å². The van der Waals surface area contributed by atoms with E-state index in [9.17, 15) is 45.6 Å². The number of rotatable bonds is 12. The molecule has 0 amide bonds. The lowest BCUT2D eigenvalue weighted by atomic mass is 9.87. The van der Waals surface area contributed by atoms with Crippen molar-refractivity contribution in [3.8, 4) is 5.75 Å². The maximum atomic E-state index is 12.3. The molecule has 0 radical (unpaired) electrons. The van der Waals surface area contributed by atoms with Gasteiger partial charge in [-0.05, 0) is 31.0 Å². The zero-order valence-corrected chi connectivity index (χ0v) is 31.6. The van der Waals surface area contributed by atoms with Gasteiger partial charge >= 0.3 is 0 Å². The van der Waals surface area contributed by atoms with Crippen LogP contribution >= 0.6 is 0 Å². The number of Topliss-reactive ketones (excluding diaryl/α,β-unsaturated/α-hetero) is 1. The van der Waals surface area contributed by atoms with Gasteiger partial charge in [-0.15, -0.1) is 0 Å². The Hall–Kier alpha value is -2.69. The zero-order valence-electron chi connectivity index (χ0n) is 31.6. The SMILES string of the molecule is Cc1ccc(C2OCC3O[C@@H](O[C@H]4C(CO)O[C@@H](O[C@H]5C(CO)O[C@@H](Oc6ccc(CCC(=O)C(C)(C)C)cc6)C(O)[C@@H]5O)C(O)[C@@H]4O)C(O)[C@H](O)[C@H]3O2)cc1. The number of ether oxygens (including phenoxy) is 8. The van der Waals surface area contributed by atoms with Crippen LogP contribution < -0.4 is 4.74 Å². The third-order valence-electron chi connectivity index (χ3n) is 10.6. The van der Waals surface area contributed by atoms with Gasteiger partial charge in [-0.25, -0.2) is 0 Å². The maximum Gasteiger partial charge on any atom is 0.229 e. The quantitative estimate of drug-likeness (QED) is 0.130. The fraction of sp³-hybridized carbons (Fsp3) is 0.667. The van der Waals surface area contributed by atoms with Crippen molar-refractivity contribution in [2.24, 2.45) is 5.41 Å². The van der Waals surface area contributed by atoms with Crippen LogP contribution in [0.1, 0.15) is 50.2 Å². The molecule has 0 aliphatic carbocycles. The van der Waals surface area contributed by atoms with E-state index in [2.05, 4.69) is 0 Å². The van der Waals surface area contributed by atoms with Gasteiger partial charge in [-0.2, -0.15) is 0 Å². The number of benzene rings is 2. The number of aliphatic hydroxyl groups is 8. The molecule has 4 heterocycles. The van der Waals surface area contributed by atoms with Crippen molar-refractivity contribution in [1.29, 1.82) is 0 Å². The van der Waals surface area contributed by atoms with Crippen molar-refractivity contribution in [2.45, 2.75) is 139 Å². The third kappa shape index (κ3) is 9.44. The van der Waals surface area contributed by atoms with Gasteiger partial charge < -0.3 is 78.7 Å². The summed E-state index contributed by atoms with van der Waals surface area (Å²) >= 11 is 0. The first-order chi connectivity index (χ1) is 26.6. The smallest absolute Gasteiger partial charge is 0.229 e. The summed E-state index contributed by atoms with van der Waals surface area (Å²) in [5, 5.41) is 86.7. The lowest BCUT2D eigenvalue weighted by Gasteiger charge is -2.49. The molecule has 17 heteroatoms. The topological polar surface area (TPSA) is 253 Å². The summed E-state index contributed by atoms with van der Waals surface area (Å²) in [5.41, 5.74) is 2.18. The molecule has 6 rings (SSSR count). The summed E-state index contributed by atoms with van der Waals surface area (Å²) in [6, 6.07) is 14.2. The Balaban J connectivity index is 1.04. The first kappa shape index (κ1) is 42.9. The molecule has 0 saturated carbocycles. The number of fused-ring (bicyclic) bond motifs is 1. The Morgan fingerprint density at radius 1 is 0.696 bits per heavy atom. The normalized spacial score (nSPS) is 39.1. The predicted molar refractivity (Wildman–Crippen MR) is 191 cm³/mol. The molecular weight excluding hydrogens is 740 g/mol. The Morgan fingerprint density at radius 2 is 1.23 bits per heavy atom. The van der Waals surface area contributed by atoms with E-state index in [1.165, 1.54) is 0 Å². The minimum atomic E-state index is -1.90. The highest BCUT2D eigenvalue weighted by atomic mass is 16.8. The van der Waals surface area contributed by atoms with Gasteiger partial charge in [-0.3, -0.25) is 4.79 Å². The number of hydrogen-bond donors (Lipinski definition) is 8. The largest absolute Gasteiger partial charge is 0.462 e. The van der Waals surface area contributed by atoms with Crippen molar-refractivity contribution in [1.82, 2.24) is 0 Å². The molecule has 4 aliphatic rings. The third-order valence-corrected chi connectivity index (χ3v) is 10.6. The van der Waals surface area contributed by atoms with E-state index in [0.717, 1.165) is 11.1 Å². The summed E-state index contributed by atoms with van der Waals surface area (Å²) in [6.07, 6.45) is -22.8. The number of ketones is 1. The molecule has 4 fully saturated rings. The van der Waals surface area contributed by atoms with E-state index in [1.54, 1.807) is 24.3 Å². The van der Waals surface area contributed by atoms with Crippen LogP contribution in [0.4, 0.5) is 0 Å². The van der Waals surface area contributed by atoms with Gasteiger partial charge in [0.2, 0.25) is 6.29 Å². The fourth-order valence-electron chi connectivity index (χ4n) is 7.05. The average molecular weight is 795 g/mol. The van der Waals surface area contributed by atoms with E-state index in [4.69, 9.17) is 37.9 Å². The Kier molecular flexibility index (Phi) is 13.8. The first-order valence-corrected chi connectivity index (χ1v) is 18.8. The molecule has 0 spiro atoms. The van der Waals surface area contributed by atoms with Crippen LogP contribution in [0.2, 0.25) is 0 Å². The molecule has 16 atom stereocenters. The molecule has 56 heavy (non-hydrogen) atoms. The van der Waals surface area contributed by atoms with Crippen molar-refractivity contribution < 1.29 is 83.5 Å². The van der Waals surface area contributed by atoms with Gasteiger partial charge in [-0.1, -0.05) is 62.7 Å². The fourth-order valence-corrected chi connectivity index (χ4v) is 7.05. The van der Waals surface area contributed by atoms with Crippen LogP contribution in [-0.4, -0.2) is 159 Å². The highest BCUT2D eigenvalue weighted by molar-refractivity contribution is 5.83. The van der Waals surface area contributed by atoms with Crippen molar-refractivity contribution in [2.75, 3.05) is 19.8 Å². The van der Waals surface area contributed by atoms with Crippen LogP contribution in [0.15, 0.2) is 48.5 Å². The standard InChI is InChI=1S/C39H54O17/c1-18-5-10-20(11-6-18)35-49-17-24-34(54-35)28(45)31(48)38(53-24)56-33-23(16-41)52-37(30(47)27(33)44)55-32-22(15-40)51-36(29(46)26(32)43)50-21-12-7-19(8-13-21)9-14-25(42)39(2,3)4/h5-8,10-13,22-24,26-38,40-41,43-48H,9,14-17H2,1-4H3/t22?,23?,24?,26-,27-,28-,29?,30?,31?,32-,33-,34-,35?,36+,37-,38-/m0/s1. The van der Waals surface area contributed by atoms with Crippen LogP contribution in [0.3, 0.4) is 0 Å². The van der Waals surface area contributed by atoms with E-state index in [0.29, 0.717) is 18.4 Å². The molecular formula is C39H54O17. The van der Waals surface area contributed by atoms with Crippen molar-refractivity contribution in [3.63, 3.8) is 0 Å². The summed E-state index contributed by atoms with van der Waals surface area (Å²) in [4.78, 5) is 12.3. The highest BCUT2D eigenvalue weighted by Crippen LogP contribution is 2.37. The monoisotopic (exact) mass is 794 g/mol. The van der Waals surface area contributed by atoms with E-state index in [-0.39, 0.29) is 18.1 Å². The maximum absolute atomic E-state index is 12.3. The summed E-state index contributed by atoms with van der Waals surface area (Å²) < 4.78 is 46.5. The summed E-state index contributed by atoms with van der Waals surface area (Å²) in [7, 11) is 0. The van der Waals surface area contributed by atoms with Gasteiger partial charge in [0, 0.05) is 17.4 Å². The molecule has 312 valence electrons. The number of hydrogen-bond acceptors (Lipinski definition) is 17. The molecule has 8 N–H and O–H groups in total. The van der Waals surface area contributed by atoms with Crippen LogP contribution in [-0.2, 0) is 44.4 Å². The van der Waals surface area contributed by atoms with Crippen LogP contribution in [0.25, 0.3) is 0 Å². The lowest BCUT2D eigenvalue weighted by molar-refractivity contribution is -0.392. The molecule has 2 aromatic rings. The Morgan fingerprint density at radius 3 is 1.80 bits per heavy atom. The second kappa shape index (κ2) is 18.1. The van der Waals surface area contributed by atoms with Crippen molar-refractivity contribution in [3.05, 3.63) is 65.2 Å². The molecule has 4 saturated heterocycles. The Labute approximate surface area is 324 Å². The van der Waals surface area contributed by atoms with Gasteiger partial charge in [0.25, 0.3) is 0 Å². The second-order valence-electron chi connectivity index (χ2n) is 15.8. The second-order valence-corrected chi connectivity index (χ2v) is 15.8. The average Bonchev–Trinajstić information content (AvgIpc) is 3.18. The zero-order chi connectivity index (χ0) is 40.5. The minimum absolute atomic E-state index is 0.0403. The molecule has 17 nitrogen and oxygen atoms in total. The predicted octanol–water partition coefficient (Wildman–Crippen LogP) is -0.869. The Bertz CT molecular complexity index is 1560. The number of aliphatic hydroxyl groups excluding tert-OH is 8. The minimum Gasteiger partial charge on any atom is -0.462 e. The molecule has 0 aromatic heterocycles. The number of aryl methyl sites for hydroxylation is 2. The van der Waals surface area contributed by atoms with E-state index in [1.807, 2.05) is 52.0 Å². The first-order valence-electron chi connectivity index (χ1n) is 18.8. The highest BCUT2D eigenvalue weighted by Gasteiger charge is 2.55. The molecule has 2 aromatic carbocycles. The molecule has 0 bridgehead atoms. The van der Waals surface area contributed by atoms with E-state index < -0.39 is 117 Å². The number of carbonyl (C=O) groups is 1. The van der Waals surface area contributed by atoms with Crippen LogP contribution in [0, 0.1) is 12.3 Å². The summed E-state index contributed by atoms with van der Waals surface area (Å²) in [6.45, 7) is 5.97. The van der Waals surface area contributed by atoms with Gasteiger partial charge in [0.1, 0.15) is 84.8 Å². The molecule has 4 aliphatic heterocycles. The summed E-state index contributed by atoms with van der Waals surface area (Å²) in [5.74, 6) is 0.406. The van der Waals surface area contributed by atoms with Gasteiger partial charge in [0.05, 0.1) is 19.8 Å². The van der Waals surface area contributed by atoms with Crippen molar-refractivity contribution >= 4 is 5.78 Å². The number of carbonyl (C=O) groups excluding carboxylic acids is 1. The van der Waals surface area contributed by atoms with E-state index >= 15 is 0 Å². The lowest BCUT2D eigenvalue weighted by Crippen LogP contribution is -2.67. The van der Waals surface area contributed by atoms with Gasteiger partial charge in [0.15, 0.2) is 18.9 Å².